The molecule has 0 saturated carbocycles. The molecule has 1 aliphatic rings. The smallest absolute Gasteiger partial charge is 0.245 e. The Labute approximate surface area is 90.7 Å². The number of hydrogen-bond acceptors (Lipinski definition) is 2. The highest BCUT2D eigenvalue weighted by molar-refractivity contribution is 5.92. The van der Waals surface area contributed by atoms with Crippen molar-refractivity contribution in [3.63, 3.8) is 0 Å². The molecule has 0 bridgehead atoms. The van der Waals surface area contributed by atoms with E-state index in [9.17, 15) is 4.79 Å². The second-order valence-corrected chi connectivity index (χ2v) is 4.55. The molecule has 1 fully saturated rings. The highest BCUT2D eigenvalue weighted by atomic mass is 16.2. The lowest BCUT2D eigenvalue weighted by atomic mass is 9.99. The van der Waals surface area contributed by atoms with Gasteiger partial charge in [0.2, 0.25) is 5.91 Å². The number of carbonyl (C=O) groups excluding carboxylic acids is 1. The molecule has 1 saturated heterocycles. The molecule has 0 radical (unpaired) electrons. The van der Waals surface area contributed by atoms with Gasteiger partial charge < -0.3 is 16.0 Å². The molecule has 86 valence electrons. The summed E-state index contributed by atoms with van der Waals surface area (Å²) in [6.45, 7) is 8.96. The third-order valence-corrected chi connectivity index (χ3v) is 2.52. The van der Waals surface area contributed by atoms with Gasteiger partial charge in [0.25, 0.3) is 0 Å². The number of guanidine groups is 1. The molecule has 5 nitrogen and oxygen atoms in total. The van der Waals surface area contributed by atoms with Crippen LogP contribution in [0.4, 0.5) is 0 Å². The Bertz CT molecular complexity index is 283. The van der Waals surface area contributed by atoms with E-state index in [1.807, 2.05) is 32.6 Å². The van der Waals surface area contributed by atoms with E-state index >= 15 is 0 Å². The largest absolute Gasteiger partial charge is 0.370 e. The molecule has 0 aliphatic carbocycles. The quantitative estimate of drug-likeness (QED) is 0.472. The predicted octanol–water partition coefficient (Wildman–Crippen LogP) is -0.0801. The van der Waals surface area contributed by atoms with Gasteiger partial charge in [-0.25, -0.2) is 0 Å². The van der Waals surface area contributed by atoms with Crippen LogP contribution in [0.25, 0.3) is 0 Å². The maximum Gasteiger partial charge on any atom is 0.245 e. The SMILES string of the molecule is CC(C)N=C(N)N1CCNC(=O)C1(C)C. The lowest BCUT2D eigenvalue weighted by molar-refractivity contribution is -0.132. The Hall–Kier alpha value is -1.26. The van der Waals surface area contributed by atoms with Crippen molar-refractivity contribution in [2.24, 2.45) is 10.7 Å². The summed E-state index contributed by atoms with van der Waals surface area (Å²) >= 11 is 0. The van der Waals surface area contributed by atoms with Crippen molar-refractivity contribution < 1.29 is 4.79 Å². The molecular formula is C10H20N4O. The minimum atomic E-state index is -0.610. The topological polar surface area (TPSA) is 70.7 Å². The number of nitrogens with two attached hydrogens (primary N) is 1. The Morgan fingerprint density at radius 2 is 2.20 bits per heavy atom. The average Bonchev–Trinajstić information content (AvgIpc) is 2.08. The molecular weight excluding hydrogens is 192 g/mol. The number of piperazine rings is 1. The van der Waals surface area contributed by atoms with Gasteiger partial charge in [-0.05, 0) is 27.7 Å². The zero-order valence-corrected chi connectivity index (χ0v) is 9.87. The molecule has 15 heavy (non-hydrogen) atoms. The van der Waals surface area contributed by atoms with Crippen molar-refractivity contribution in [2.45, 2.75) is 39.3 Å². The normalized spacial score (nSPS) is 21.8. The molecule has 0 spiro atoms. The van der Waals surface area contributed by atoms with E-state index in [1.165, 1.54) is 0 Å². The second kappa shape index (κ2) is 4.08. The fourth-order valence-electron chi connectivity index (χ4n) is 1.63. The third-order valence-electron chi connectivity index (χ3n) is 2.52. The van der Waals surface area contributed by atoms with Crippen molar-refractivity contribution in [2.75, 3.05) is 13.1 Å². The van der Waals surface area contributed by atoms with Crippen molar-refractivity contribution >= 4 is 11.9 Å². The fraction of sp³-hybridized carbons (Fsp3) is 0.800. The van der Waals surface area contributed by atoms with Crippen LogP contribution < -0.4 is 11.1 Å². The maximum absolute atomic E-state index is 11.7. The van der Waals surface area contributed by atoms with Crippen molar-refractivity contribution in [3.05, 3.63) is 0 Å². The van der Waals surface area contributed by atoms with Crippen LogP contribution in [0.5, 0.6) is 0 Å². The predicted molar refractivity (Wildman–Crippen MR) is 60.6 cm³/mol. The summed E-state index contributed by atoms with van der Waals surface area (Å²) in [6, 6.07) is 0.144. The highest BCUT2D eigenvalue weighted by Crippen LogP contribution is 2.17. The summed E-state index contributed by atoms with van der Waals surface area (Å²) in [5.41, 5.74) is 5.27. The molecule has 0 aromatic rings. The van der Waals surface area contributed by atoms with Gasteiger partial charge in [0.1, 0.15) is 5.54 Å². The molecule has 1 heterocycles. The number of nitrogens with zero attached hydrogens (tertiary/aromatic N) is 2. The minimum absolute atomic E-state index is 0.00402. The summed E-state index contributed by atoms with van der Waals surface area (Å²) in [4.78, 5) is 17.8. The summed E-state index contributed by atoms with van der Waals surface area (Å²) in [6.07, 6.45) is 0. The van der Waals surface area contributed by atoms with Gasteiger partial charge in [-0.15, -0.1) is 0 Å². The molecule has 1 rings (SSSR count). The first-order chi connectivity index (χ1) is 6.85. The molecule has 5 heteroatoms. The zero-order valence-electron chi connectivity index (χ0n) is 9.87. The standard InChI is InChI=1S/C10H20N4O/c1-7(2)13-9(11)14-6-5-12-8(15)10(14,3)4/h7H,5-6H2,1-4H3,(H2,11,13)(H,12,15). The number of amides is 1. The van der Waals surface area contributed by atoms with E-state index in [2.05, 4.69) is 10.3 Å². The van der Waals surface area contributed by atoms with Gasteiger partial charge >= 0.3 is 0 Å². The van der Waals surface area contributed by atoms with Crippen LogP contribution in [0, 0.1) is 0 Å². The summed E-state index contributed by atoms with van der Waals surface area (Å²) in [7, 11) is 0. The van der Waals surface area contributed by atoms with Crippen LogP contribution in [-0.2, 0) is 4.79 Å². The van der Waals surface area contributed by atoms with Crippen molar-refractivity contribution in [3.8, 4) is 0 Å². The van der Waals surface area contributed by atoms with Gasteiger partial charge in [0.15, 0.2) is 5.96 Å². The number of hydrogen-bond donors (Lipinski definition) is 2. The fourth-order valence-corrected chi connectivity index (χ4v) is 1.63. The number of nitrogens with one attached hydrogen (secondary N) is 1. The molecule has 3 N–H and O–H groups in total. The maximum atomic E-state index is 11.7. The van der Waals surface area contributed by atoms with Crippen LogP contribution in [0.15, 0.2) is 4.99 Å². The van der Waals surface area contributed by atoms with Gasteiger partial charge in [-0.1, -0.05) is 0 Å². The first-order valence-corrected chi connectivity index (χ1v) is 5.25. The molecule has 1 amide bonds. The van der Waals surface area contributed by atoms with Crippen LogP contribution >= 0.6 is 0 Å². The monoisotopic (exact) mass is 212 g/mol. The van der Waals surface area contributed by atoms with Gasteiger partial charge in [0, 0.05) is 19.1 Å². The van der Waals surface area contributed by atoms with Crippen LogP contribution in [-0.4, -0.2) is 41.4 Å². The zero-order chi connectivity index (χ0) is 11.6. The molecule has 0 aromatic carbocycles. The molecule has 0 unspecified atom stereocenters. The van der Waals surface area contributed by atoms with Crippen LogP contribution in [0.3, 0.4) is 0 Å². The summed E-state index contributed by atoms with van der Waals surface area (Å²) in [5, 5.41) is 2.82. The molecule has 0 aromatic heterocycles. The summed E-state index contributed by atoms with van der Waals surface area (Å²) in [5.74, 6) is 0.445. The van der Waals surface area contributed by atoms with Crippen LogP contribution in [0.1, 0.15) is 27.7 Å². The van der Waals surface area contributed by atoms with Crippen molar-refractivity contribution in [1.82, 2.24) is 10.2 Å². The summed E-state index contributed by atoms with van der Waals surface area (Å²) < 4.78 is 0. The van der Waals surface area contributed by atoms with Gasteiger partial charge in [0.05, 0.1) is 0 Å². The van der Waals surface area contributed by atoms with Gasteiger partial charge in [-0.3, -0.25) is 9.79 Å². The second-order valence-electron chi connectivity index (χ2n) is 4.55. The highest BCUT2D eigenvalue weighted by Gasteiger charge is 2.38. The first-order valence-electron chi connectivity index (χ1n) is 5.25. The van der Waals surface area contributed by atoms with Gasteiger partial charge in [-0.2, -0.15) is 0 Å². The lowest BCUT2D eigenvalue weighted by Crippen LogP contribution is -2.65. The van der Waals surface area contributed by atoms with E-state index in [-0.39, 0.29) is 11.9 Å². The molecule has 0 atom stereocenters. The Morgan fingerprint density at radius 3 is 2.73 bits per heavy atom. The van der Waals surface area contributed by atoms with E-state index in [0.29, 0.717) is 19.0 Å². The Balaban J connectivity index is 2.89. The van der Waals surface area contributed by atoms with Crippen molar-refractivity contribution in [1.29, 1.82) is 0 Å². The van der Waals surface area contributed by atoms with E-state index in [4.69, 9.17) is 5.73 Å². The average molecular weight is 212 g/mol. The Morgan fingerprint density at radius 1 is 1.60 bits per heavy atom. The van der Waals surface area contributed by atoms with E-state index in [1.54, 1.807) is 0 Å². The minimum Gasteiger partial charge on any atom is -0.370 e. The van der Waals surface area contributed by atoms with Crippen LogP contribution in [0.2, 0.25) is 0 Å². The lowest BCUT2D eigenvalue weighted by Gasteiger charge is -2.41. The molecule has 1 aliphatic heterocycles. The Kier molecular flexibility index (Phi) is 3.21. The number of aliphatic imine (C=N–C) groups is 1. The number of carbonyl (C=O) groups is 1. The van der Waals surface area contributed by atoms with E-state index in [0.717, 1.165) is 0 Å². The van der Waals surface area contributed by atoms with E-state index < -0.39 is 5.54 Å². The number of rotatable bonds is 1. The first kappa shape index (κ1) is 11.8. The third kappa shape index (κ3) is 2.40.